The minimum Gasteiger partial charge on any atom is -0.324 e. The Morgan fingerprint density at radius 1 is 1.15 bits per heavy atom. The summed E-state index contributed by atoms with van der Waals surface area (Å²) < 4.78 is 28.2. The lowest BCUT2D eigenvalue weighted by molar-refractivity contribution is 0.427. The van der Waals surface area contributed by atoms with Crippen LogP contribution in [0.25, 0.3) is 0 Å². The number of rotatable bonds is 4. The summed E-state index contributed by atoms with van der Waals surface area (Å²) in [4.78, 5) is 0.365. The lowest BCUT2D eigenvalue weighted by atomic mass is 10.0. The van der Waals surface area contributed by atoms with Gasteiger partial charge in [0.25, 0.3) is 0 Å². The molecule has 2 rings (SSSR count). The Balaban J connectivity index is 2.39. The van der Waals surface area contributed by atoms with E-state index < -0.39 is 10.0 Å². The summed E-state index contributed by atoms with van der Waals surface area (Å²) in [5.41, 5.74) is 4.35. The Morgan fingerprint density at radius 3 is 2.10 bits per heavy atom. The monoisotopic (exact) mass is 297 g/mol. The van der Waals surface area contributed by atoms with E-state index in [1.807, 2.05) is 6.92 Å². The van der Waals surface area contributed by atoms with Crippen molar-refractivity contribution in [1.82, 2.24) is 4.72 Å². The van der Waals surface area contributed by atoms with E-state index in [4.69, 9.17) is 5.84 Å². The van der Waals surface area contributed by atoms with Gasteiger partial charge < -0.3 is 5.43 Å². The van der Waals surface area contributed by atoms with E-state index in [1.54, 1.807) is 26.0 Å². The maximum Gasteiger partial charge on any atom is 0.241 e. The van der Waals surface area contributed by atoms with Crippen molar-refractivity contribution < 1.29 is 8.42 Å². The van der Waals surface area contributed by atoms with Gasteiger partial charge in [0.2, 0.25) is 10.0 Å². The van der Waals surface area contributed by atoms with Crippen molar-refractivity contribution in [3.8, 4) is 0 Å². The highest BCUT2D eigenvalue weighted by Gasteiger charge is 2.34. The van der Waals surface area contributed by atoms with Gasteiger partial charge in [0.05, 0.1) is 4.90 Å². The van der Waals surface area contributed by atoms with Crippen LogP contribution in [0, 0.1) is 13.8 Å². The molecule has 0 aliphatic heterocycles. The molecule has 0 heterocycles. The second-order valence-electron chi connectivity index (χ2n) is 5.96. The Labute approximate surface area is 121 Å². The second-order valence-corrected chi connectivity index (χ2v) is 7.58. The number of sulfonamides is 1. The van der Waals surface area contributed by atoms with Crippen LogP contribution in [0.4, 0.5) is 5.69 Å². The molecular weight excluding hydrogens is 274 g/mol. The van der Waals surface area contributed by atoms with Gasteiger partial charge in [-0.15, -0.1) is 0 Å². The lowest BCUT2D eigenvalue weighted by Crippen LogP contribution is -2.43. The van der Waals surface area contributed by atoms with Crippen LogP contribution in [0.1, 0.15) is 43.7 Å². The predicted molar refractivity (Wildman–Crippen MR) is 80.9 cm³/mol. The molecule has 0 spiro atoms. The first-order valence-electron chi connectivity index (χ1n) is 6.89. The molecule has 0 saturated heterocycles. The molecule has 1 aromatic rings. The van der Waals surface area contributed by atoms with E-state index in [9.17, 15) is 8.42 Å². The van der Waals surface area contributed by atoms with E-state index in [0.717, 1.165) is 25.7 Å². The maximum absolute atomic E-state index is 12.7. The van der Waals surface area contributed by atoms with Crippen LogP contribution in [-0.2, 0) is 10.0 Å². The lowest BCUT2D eigenvalue weighted by Gasteiger charge is -2.26. The van der Waals surface area contributed by atoms with Gasteiger partial charge >= 0.3 is 0 Å². The normalized spacial score (nSPS) is 18.2. The van der Waals surface area contributed by atoms with E-state index in [-0.39, 0.29) is 5.54 Å². The van der Waals surface area contributed by atoms with Crippen molar-refractivity contribution in [2.45, 2.75) is 56.9 Å². The fourth-order valence-electron chi connectivity index (χ4n) is 3.09. The molecule has 1 aromatic carbocycles. The third kappa shape index (κ3) is 2.97. The van der Waals surface area contributed by atoms with E-state index in [2.05, 4.69) is 10.1 Å². The first kappa shape index (κ1) is 15.3. The third-order valence-electron chi connectivity index (χ3n) is 3.98. The van der Waals surface area contributed by atoms with Gasteiger partial charge in [0, 0.05) is 11.2 Å². The number of hydrazine groups is 1. The summed E-state index contributed by atoms with van der Waals surface area (Å²) in [7, 11) is -3.51. The number of benzene rings is 1. The largest absolute Gasteiger partial charge is 0.324 e. The molecule has 0 aromatic heterocycles. The summed E-state index contributed by atoms with van der Waals surface area (Å²) in [6, 6.07) is 3.50. The van der Waals surface area contributed by atoms with Gasteiger partial charge in [0.1, 0.15) is 0 Å². The van der Waals surface area contributed by atoms with Crippen LogP contribution in [0.5, 0.6) is 0 Å². The number of hydrogen-bond acceptors (Lipinski definition) is 4. The molecule has 1 aliphatic carbocycles. The maximum atomic E-state index is 12.7. The van der Waals surface area contributed by atoms with E-state index in [0.29, 0.717) is 21.7 Å². The molecule has 0 atom stereocenters. The smallest absolute Gasteiger partial charge is 0.241 e. The van der Waals surface area contributed by atoms with Crippen LogP contribution in [0.15, 0.2) is 17.0 Å². The second kappa shape index (κ2) is 5.35. The Kier molecular flexibility index (Phi) is 4.09. The van der Waals surface area contributed by atoms with Gasteiger partial charge in [-0.05, 0) is 56.9 Å². The summed E-state index contributed by atoms with van der Waals surface area (Å²) >= 11 is 0. The number of nitrogens with one attached hydrogen (secondary N) is 2. The molecule has 20 heavy (non-hydrogen) atoms. The Bertz CT molecular complexity index is 582. The molecular formula is C14H23N3O2S. The van der Waals surface area contributed by atoms with Gasteiger partial charge in [-0.2, -0.15) is 0 Å². The molecule has 0 unspecified atom stereocenters. The summed E-state index contributed by atoms with van der Waals surface area (Å²) in [6.07, 6.45) is 3.94. The topological polar surface area (TPSA) is 84.2 Å². The summed E-state index contributed by atoms with van der Waals surface area (Å²) in [5, 5.41) is 0. The van der Waals surface area contributed by atoms with Crippen molar-refractivity contribution in [2.24, 2.45) is 5.84 Å². The van der Waals surface area contributed by atoms with Gasteiger partial charge in [-0.3, -0.25) is 5.84 Å². The minimum absolute atomic E-state index is 0.317. The van der Waals surface area contributed by atoms with E-state index in [1.165, 1.54) is 0 Å². The number of aryl methyl sites for hydroxylation is 2. The molecule has 1 saturated carbocycles. The molecule has 6 heteroatoms. The number of nitrogens with two attached hydrogens (primary N) is 1. The van der Waals surface area contributed by atoms with Crippen LogP contribution >= 0.6 is 0 Å². The zero-order chi connectivity index (χ0) is 15.0. The first-order valence-corrected chi connectivity index (χ1v) is 8.38. The van der Waals surface area contributed by atoms with Gasteiger partial charge in [-0.25, -0.2) is 13.1 Å². The summed E-state index contributed by atoms with van der Waals surface area (Å²) in [5.74, 6) is 5.38. The van der Waals surface area contributed by atoms with Crippen molar-refractivity contribution in [1.29, 1.82) is 0 Å². The minimum atomic E-state index is -3.51. The van der Waals surface area contributed by atoms with Crippen LogP contribution in [-0.4, -0.2) is 14.0 Å². The van der Waals surface area contributed by atoms with Crippen molar-refractivity contribution >= 4 is 15.7 Å². The summed E-state index contributed by atoms with van der Waals surface area (Å²) in [6.45, 7) is 5.57. The zero-order valence-electron chi connectivity index (χ0n) is 12.3. The van der Waals surface area contributed by atoms with Crippen molar-refractivity contribution in [3.63, 3.8) is 0 Å². The fourth-order valence-corrected chi connectivity index (χ4v) is 5.01. The number of anilines is 1. The number of nitrogen functional groups attached to an aromatic ring is 1. The van der Waals surface area contributed by atoms with Crippen molar-refractivity contribution in [2.75, 3.05) is 5.43 Å². The van der Waals surface area contributed by atoms with E-state index >= 15 is 0 Å². The molecule has 0 bridgehead atoms. The highest BCUT2D eigenvalue weighted by molar-refractivity contribution is 7.89. The molecule has 112 valence electrons. The average molecular weight is 297 g/mol. The molecule has 4 N–H and O–H groups in total. The third-order valence-corrected chi connectivity index (χ3v) is 5.93. The van der Waals surface area contributed by atoms with Crippen LogP contribution < -0.4 is 16.0 Å². The SMILES string of the molecule is Cc1cc(NN)cc(C)c1S(=O)(=O)NC1(C)CCCC1. The van der Waals surface area contributed by atoms with Crippen molar-refractivity contribution in [3.05, 3.63) is 23.3 Å². The Morgan fingerprint density at radius 2 is 1.65 bits per heavy atom. The molecule has 0 radical (unpaired) electrons. The number of hydrogen-bond donors (Lipinski definition) is 3. The van der Waals surface area contributed by atoms with Crippen LogP contribution in [0.2, 0.25) is 0 Å². The van der Waals surface area contributed by atoms with Gasteiger partial charge in [-0.1, -0.05) is 12.8 Å². The van der Waals surface area contributed by atoms with Crippen LogP contribution in [0.3, 0.4) is 0 Å². The predicted octanol–water partition coefficient (Wildman–Crippen LogP) is 2.20. The highest BCUT2D eigenvalue weighted by Crippen LogP contribution is 2.32. The molecule has 5 nitrogen and oxygen atoms in total. The standard InChI is InChI=1S/C14H23N3O2S/c1-10-8-12(16-15)9-11(2)13(10)20(18,19)17-14(3)6-4-5-7-14/h8-9,16-17H,4-7,15H2,1-3H3. The first-order chi connectivity index (χ1) is 9.27. The van der Waals surface area contributed by atoms with Gasteiger partial charge in [0.15, 0.2) is 0 Å². The molecule has 0 amide bonds. The molecule has 1 fully saturated rings. The molecule has 1 aliphatic rings. The highest BCUT2D eigenvalue weighted by atomic mass is 32.2. The quantitative estimate of drug-likeness (QED) is 0.587. The fraction of sp³-hybridized carbons (Fsp3) is 0.571. The zero-order valence-corrected chi connectivity index (χ0v) is 13.1. The Hall–Kier alpha value is -1.11. The average Bonchev–Trinajstić information content (AvgIpc) is 2.72.